The van der Waals surface area contributed by atoms with Gasteiger partial charge in [-0.3, -0.25) is 4.79 Å². The van der Waals surface area contributed by atoms with Crippen LogP contribution in [0.4, 0.5) is 0 Å². The second-order valence-electron chi connectivity index (χ2n) is 7.23. The first-order valence-electron chi connectivity index (χ1n) is 9.70. The molecule has 0 aliphatic carbocycles. The first-order valence-corrected chi connectivity index (χ1v) is 9.70. The quantitative estimate of drug-likeness (QED) is 0.634. The molecule has 5 nitrogen and oxygen atoms in total. The molecule has 0 saturated carbocycles. The van der Waals surface area contributed by atoms with Crippen molar-refractivity contribution in [3.05, 3.63) is 77.4 Å². The molecule has 29 heavy (non-hydrogen) atoms. The maximum atomic E-state index is 12.9. The predicted octanol–water partition coefficient (Wildman–Crippen LogP) is 3.98. The van der Waals surface area contributed by atoms with Gasteiger partial charge in [-0.1, -0.05) is 48.5 Å². The topological polar surface area (TPSA) is 55.8 Å². The van der Waals surface area contributed by atoms with Gasteiger partial charge in [-0.25, -0.2) is 4.79 Å². The number of ether oxygens (including phenoxy) is 2. The third-order valence-electron chi connectivity index (χ3n) is 5.36. The Morgan fingerprint density at radius 3 is 2.34 bits per heavy atom. The van der Waals surface area contributed by atoms with E-state index in [9.17, 15) is 9.59 Å². The van der Waals surface area contributed by atoms with E-state index in [0.29, 0.717) is 24.4 Å². The van der Waals surface area contributed by atoms with Crippen LogP contribution in [0.25, 0.3) is 10.8 Å². The Labute approximate surface area is 169 Å². The number of hydrogen-bond donors (Lipinski definition) is 0. The molecular formula is C24H23NO4. The molecule has 148 valence electrons. The molecule has 0 N–H and O–H groups in total. The molecular weight excluding hydrogens is 366 g/mol. The highest BCUT2D eigenvalue weighted by Gasteiger charge is 2.28. The fourth-order valence-electron chi connectivity index (χ4n) is 3.76. The van der Waals surface area contributed by atoms with Gasteiger partial charge in [-0.2, -0.15) is 0 Å². The van der Waals surface area contributed by atoms with Crippen molar-refractivity contribution in [3.8, 4) is 5.75 Å². The Hall–Kier alpha value is -3.34. The number of carbonyl (C=O) groups is 2. The molecule has 1 aliphatic rings. The lowest BCUT2D eigenvalue weighted by Crippen LogP contribution is -2.42. The third kappa shape index (κ3) is 3.81. The lowest BCUT2D eigenvalue weighted by Gasteiger charge is -2.30. The van der Waals surface area contributed by atoms with Crippen molar-refractivity contribution < 1.29 is 19.1 Å². The van der Waals surface area contributed by atoms with Crippen molar-refractivity contribution >= 4 is 22.6 Å². The average Bonchev–Trinajstić information content (AvgIpc) is 2.77. The lowest BCUT2D eigenvalue weighted by molar-refractivity contribution is -0.140. The maximum Gasteiger partial charge on any atom is 0.342 e. The van der Waals surface area contributed by atoms with Crippen LogP contribution < -0.4 is 4.74 Å². The van der Waals surface area contributed by atoms with E-state index in [0.717, 1.165) is 22.8 Å². The summed E-state index contributed by atoms with van der Waals surface area (Å²) in [6.07, 6.45) is -0.0647. The minimum Gasteiger partial charge on any atom is -0.496 e. The van der Waals surface area contributed by atoms with Crippen LogP contribution in [0.5, 0.6) is 5.75 Å². The molecule has 0 bridgehead atoms. The van der Waals surface area contributed by atoms with E-state index in [1.807, 2.05) is 42.5 Å². The van der Waals surface area contributed by atoms with Gasteiger partial charge in [0.1, 0.15) is 11.3 Å². The highest BCUT2D eigenvalue weighted by Crippen LogP contribution is 2.27. The van der Waals surface area contributed by atoms with E-state index in [2.05, 4.69) is 6.07 Å². The van der Waals surface area contributed by atoms with Gasteiger partial charge in [0.2, 0.25) is 0 Å². The standard InChI is InChI=1S/C24H23NO4/c1-16(23(26)25-12-11-17-7-3-6-10-20(17)15-25)29-24(27)21-13-18-8-4-5-9-19(18)14-22(21)28-2/h3-10,13-14,16H,11-12,15H2,1-2H3/t16-/m0/s1. The van der Waals surface area contributed by atoms with E-state index < -0.39 is 12.1 Å². The largest absolute Gasteiger partial charge is 0.496 e. The van der Waals surface area contributed by atoms with Gasteiger partial charge in [0, 0.05) is 13.1 Å². The Morgan fingerprint density at radius 1 is 0.966 bits per heavy atom. The van der Waals surface area contributed by atoms with E-state index >= 15 is 0 Å². The van der Waals surface area contributed by atoms with Gasteiger partial charge in [0.25, 0.3) is 5.91 Å². The number of amides is 1. The highest BCUT2D eigenvalue weighted by molar-refractivity contribution is 5.99. The number of esters is 1. The van der Waals surface area contributed by atoms with Gasteiger partial charge in [0.05, 0.1) is 7.11 Å². The minimum atomic E-state index is -0.871. The molecule has 3 aromatic carbocycles. The Kier molecular flexibility index (Phi) is 5.21. The van der Waals surface area contributed by atoms with Crippen LogP contribution in [-0.2, 0) is 22.5 Å². The Bertz CT molecular complexity index is 1080. The number of methoxy groups -OCH3 is 1. The summed E-state index contributed by atoms with van der Waals surface area (Å²) in [4.78, 5) is 27.4. The fraction of sp³-hybridized carbons (Fsp3) is 0.250. The van der Waals surface area contributed by atoms with Crippen molar-refractivity contribution in [2.75, 3.05) is 13.7 Å². The summed E-state index contributed by atoms with van der Waals surface area (Å²) in [5.41, 5.74) is 2.72. The van der Waals surface area contributed by atoms with Crippen LogP contribution in [0.2, 0.25) is 0 Å². The van der Waals surface area contributed by atoms with Crippen molar-refractivity contribution in [2.45, 2.75) is 26.0 Å². The number of fused-ring (bicyclic) bond motifs is 2. The molecule has 4 rings (SSSR count). The molecule has 3 aromatic rings. The summed E-state index contributed by atoms with van der Waals surface area (Å²) < 4.78 is 10.9. The van der Waals surface area contributed by atoms with E-state index in [-0.39, 0.29) is 5.91 Å². The average molecular weight is 389 g/mol. The molecule has 0 fully saturated rings. The van der Waals surface area contributed by atoms with Gasteiger partial charge in [-0.05, 0) is 47.4 Å². The van der Waals surface area contributed by atoms with E-state index in [1.165, 1.54) is 12.7 Å². The van der Waals surface area contributed by atoms with Gasteiger partial charge < -0.3 is 14.4 Å². The highest BCUT2D eigenvalue weighted by atomic mass is 16.5. The first kappa shape index (κ1) is 19.0. The fourth-order valence-corrected chi connectivity index (χ4v) is 3.76. The lowest BCUT2D eigenvalue weighted by atomic mass is 9.99. The van der Waals surface area contributed by atoms with Crippen LogP contribution >= 0.6 is 0 Å². The molecule has 1 amide bonds. The Balaban J connectivity index is 1.50. The molecule has 0 spiro atoms. The molecule has 0 radical (unpaired) electrons. The first-order chi connectivity index (χ1) is 14.1. The normalized spacial score (nSPS) is 14.2. The molecule has 0 unspecified atom stereocenters. The van der Waals surface area contributed by atoms with Crippen LogP contribution in [0, 0.1) is 0 Å². The van der Waals surface area contributed by atoms with Crippen molar-refractivity contribution in [1.29, 1.82) is 0 Å². The van der Waals surface area contributed by atoms with Crippen LogP contribution in [0.1, 0.15) is 28.4 Å². The van der Waals surface area contributed by atoms with Gasteiger partial charge in [0.15, 0.2) is 6.10 Å². The molecule has 0 saturated heterocycles. The molecule has 1 aliphatic heterocycles. The van der Waals surface area contributed by atoms with Gasteiger partial charge in [-0.15, -0.1) is 0 Å². The summed E-state index contributed by atoms with van der Waals surface area (Å²) in [6.45, 7) is 2.78. The number of carbonyl (C=O) groups excluding carboxylic acids is 2. The maximum absolute atomic E-state index is 12.9. The molecule has 5 heteroatoms. The number of hydrogen-bond acceptors (Lipinski definition) is 4. The smallest absolute Gasteiger partial charge is 0.342 e. The zero-order valence-corrected chi connectivity index (χ0v) is 16.6. The summed E-state index contributed by atoms with van der Waals surface area (Å²) in [7, 11) is 1.51. The predicted molar refractivity (Wildman–Crippen MR) is 111 cm³/mol. The second kappa shape index (κ2) is 7.95. The third-order valence-corrected chi connectivity index (χ3v) is 5.36. The van der Waals surface area contributed by atoms with Crippen molar-refractivity contribution in [1.82, 2.24) is 4.90 Å². The number of benzene rings is 3. The summed E-state index contributed by atoms with van der Waals surface area (Å²) in [5, 5.41) is 1.88. The summed E-state index contributed by atoms with van der Waals surface area (Å²) in [6, 6.07) is 19.4. The van der Waals surface area contributed by atoms with E-state index in [1.54, 1.807) is 24.0 Å². The number of nitrogens with zero attached hydrogens (tertiary/aromatic N) is 1. The second-order valence-corrected chi connectivity index (χ2v) is 7.23. The summed E-state index contributed by atoms with van der Waals surface area (Å²) >= 11 is 0. The molecule has 0 aromatic heterocycles. The van der Waals surface area contributed by atoms with Gasteiger partial charge >= 0.3 is 5.97 Å². The monoisotopic (exact) mass is 389 g/mol. The van der Waals surface area contributed by atoms with Crippen LogP contribution in [0.3, 0.4) is 0 Å². The minimum absolute atomic E-state index is 0.187. The van der Waals surface area contributed by atoms with E-state index in [4.69, 9.17) is 9.47 Å². The Morgan fingerprint density at radius 2 is 1.62 bits per heavy atom. The molecule has 1 atom stereocenters. The molecule has 1 heterocycles. The van der Waals surface area contributed by atoms with Crippen molar-refractivity contribution in [2.24, 2.45) is 0 Å². The zero-order chi connectivity index (χ0) is 20.4. The van der Waals surface area contributed by atoms with Crippen molar-refractivity contribution in [3.63, 3.8) is 0 Å². The zero-order valence-electron chi connectivity index (χ0n) is 16.6. The number of rotatable bonds is 4. The van der Waals surface area contributed by atoms with Crippen LogP contribution in [-0.4, -0.2) is 36.5 Å². The summed E-state index contributed by atoms with van der Waals surface area (Å²) in [5.74, 6) is -0.321. The van der Waals surface area contributed by atoms with Crippen LogP contribution in [0.15, 0.2) is 60.7 Å². The SMILES string of the molecule is COc1cc2ccccc2cc1C(=O)O[C@@H](C)C(=O)N1CCc2ccccc2C1.